The average Bonchev–Trinajstić information content (AvgIpc) is 2.88. The van der Waals surface area contributed by atoms with E-state index in [1.54, 1.807) is 11.9 Å². The molecule has 0 saturated heterocycles. The number of ether oxygens (including phenoxy) is 1. The van der Waals surface area contributed by atoms with Crippen LogP contribution in [0.1, 0.15) is 12.8 Å². The molecule has 1 amide bonds. The van der Waals surface area contributed by atoms with Crippen molar-refractivity contribution in [2.75, 3.05) is 20.7 Å². The molecule has 1 rings (SSSR count). The summed E-state index contributed by atoms with van der Waals surface area (Å²) in [5, 5.41) is 0. The van der Waals surface area contributed by atoms with Crippen molar-refractivity contribution < 1.29 is 9.53 Å². The first-order chi connectivity index (χ1) is 5.70. The summed E-state index contributed by atoms with van der Waals surface area (Å²) in [6.07, 6.45) is 2.07. The second kappa shape index (κ2) is 3.76. The first-order valence-corrected chi connectivity index (χ1v) is 4.21. The van der Waals surface area contributed by atoms with Gasteiger partial charge in [-0.15, -0.1) is 0 Å². The van der Waals surface area contributed by atoms with Gasteiger partial charge in [-0.2, -0.15) is 0 Å². The molecule has 4 nitrogen and oxygen atoms in total. The van der Waals surface area contributed by atoms with Gasteiger partial charge < -0.3 is 15.4 Å². The molecule has 1 saturated carbocycles. The number of carbonyl (C=O) groups is 1. The maximum atomic E-state index is 11.1. The molecule has 0 aliphatic heterocycles. The molecule has 0 bridgehead atoms. The lowest BCUT2D eigenvalue weighted by molar-refractivity contribution is 0.114. The third-order valence-electron chi connectivity index (χ3n) is 2.37. The van der Waals surface area contributed by atoms with Gasteiger partial charge in [-0.1, -0.05) is 0 Å². The summed E-state index contributed by atoms with van der Waals surface area (Å²) >= 11 is 0. The molecule has 1 atom stereocenters. The topological polar surface area (TPSA) is 55.6 Å². The van der Waals surface area contributed by atoms with Crippen molar-refractivity contribution in [3.63, 3.8) is 0 Å². The first kappa shape index (κ1) is 9.32. The highest BCUT2D eigenvalue weighted by molar-refractivity contribution is 5.67. The van der Waals surface area contributed by atoms with Crippen molar-refractivity contribution in [3.8, 4) is 0 Å². The van der Waals surface area contributed by atoms with Crippen molar-refractivity contribution in [1.82, 2.24) is 4.90 Å². The summed E-state index contributed by atoms with van der Waals surface area (Å²) in [5.74, 6) is 0.596. The average molecular weight is 172 g/mol. The normalized spacial score (nSPS) is 18.6. The van der Waals surface area contributed by atoms with Crippen molar-refractivity contribution in [3.05, 3.63) is 0 Å². The predicted octanol–water partition coefficient (Wildman–Crippen LogP) is 0.422. The molecule has 0 radical (unpaired) electrons. The van der Waals surface area contributed by atoms with Crippen LogP contribution in [-0.2, 0) is 4.74 Å². The first-order valence-electron chi connectivity index (χ1n) is 4.21. The number of amides is 1. The van der Waals surface area contributed by atoms with Gasteiger partial charge in [-0.05, 0) is 18.8 Å². The zero-order valence-corrected chi connectivity index (χ0v) is 7.62. The molecular formula is C8H16N2O2. The summed E-state index contributed by atoms with van der Waals surface area (Å²) in [6.45, 7) is 0.524. The largest absolute Gasteiger partial charge is 0.453 e. The number of hydrogen-bond donors (Lipinski definition) is 1. The number of rotatable bonds is 3. The highest BCUT2D eigenvalue weighted by Crippen LogP contribution is 2.34. The molecule has 1 aliphatic carbocycles. The third-order valence-corrected chi connectivity index (χ3v) is 2.37. The molecule has 0 aromatic heterocycles. The summed E-state index contributed by atoms with van der Waals surface area (Å²) in [4.78, 5) is 12.7. The second-order valence-corrected chi connectivity index (χ2v) is 3.22. The molecule has 2 N–H and O–H groups in total. The molecule has 0 heterocycles. The summed E-state index contributed by atoms with van der Waals surface area (Å²) in [6, 6.07) is 0.164. The van der Waals surface area contributed by atoms with Crippen LogP contribution >= 0.6 is 0 Å². The van der Waals surface area contributed by atoms with Crippen molar-refractivity contribution >= 4 is 6.09 Å². The zero-order chi connectivity index (χ0) is 9.14. The molecule has 0 aromatic carbocycles. The van der Waals surface area contributed by atoms with Crippen molar-refractivity contribution in [2.24, 2.45) is 11.7 Å². The summed E-state index contributed by atoms with van der Waals surface area (Å²) < 4.78 is 4.60. The Morgan fingerprint density at radius 2 is 2.33 bits per heavy atom. The fraction of sp³-hybridized carbons (Fsp3) is 0.875. The van der Waals surface area contributed by atoms with E-state index in [4.69, 9.17) is 5.73 Å². The SMILES string of the molecule is COC(=O)N(C)C(CN)C1CC1. The quantitative estimate of drug-likeness (QED) is 0.671. The van der Waals surface area contributed by atoms with Gasteiger partial charge in [0.25, 0.3) is 0 Å². The second-order valence-electron chi connectivity index (χ2n) is 3.22. The van der Waals surface area contributed by atoms with Crippen LogP contribution in [0.25, 0.3) is 0 Å². The Bertz CT molecular complexity index is 168. The lowest BCUT2D eigenvalue weighted by atomic mass is 10.2. The number of nitrogens with two attached hydrogens (primary N) is 1. The minimum absolute atomic E-state index is 0.164. The van der Waals surface area contributed by atoms with Crippen LogP contribution in [0, 0.1) is 5.92 Å². The number of likely N-dealkylation sites (N-methyl/N-ethyl adjacent to an activating group) is 1. The maximum absolute atomic E-state index is 11.1. The molecule has 0 spiro atoms. The van der Waals surface area contributed by atoms with Gasteiger partial charge in [0.05, 0.1) is 7.11 Å². The molecule has 70 valence electrons. The fourth-order valence-corrected chi connectivity index (χ4v) is 1.43. The van der Waals surface area contributed by atoms with E-state index in [1.807, 2.05) is 0 Å². The van der Waals surface area contributed by atoms with E-state index in [-0.39, 0.29) is 12.1 Å². The van der Waals surface area contributed by atoms with Crippen LogP contribution in [-0.4, -0.2) is 37.7 Å². The van der Waals surface area contributed by atoms with Crippen molar-refractivity contribution in [2.45, 2.75) is 18.9 Å². The molecule has 1 fully saturated rings. The molecule has 1 unspecified atom stereocenters. The van der Waals surface area contributed by atoms with Crippen LogP contribution < -0.4 is 5.73 Å². The van der Waals surface area contributed by atoms with Crippen LogP contribution in [0.3, 0.4) is 0 Å². The number of hydrogen-bond acceptors (Lipinski definition) is 3. The number of methoxy groups -OCH3 is 1. The van der Waals surface area contributed by atoms with E-state index in [9.17, 15) is 4.79 Å². The van der Waals surface area contributed by atoms with Crippen LogP contribution in [0.2, 0.25) is 0 Å². The van der Waals surface area contributed by atoms with Gasteiger partial charge in [0, 0.05) is 19.6 Å². The monoisotopic (exact) mass is 172 g/mol. The molecule has 0 aromatic rings. The van der Waals surface area contributed by atoms with E-state index < -0.39 is 0 Å². The lowest BCUT2D eigenvalue weighted by Crippen LogP contribution is -2.43. The van der Waals surface area contributed by atoms with Gasteiger partial charge in [0.2, 0.25) is 0 Å². The summed E-state index contributed by atoms with van der Waals surface area (Å²) in [7, 11) is 3.13. The summed E-state index contributed by atoms with van der Waals surface area (Å²) in [5.41, 5.74) is 5.56. The minimum atomic E-state index is -0.294. The van der Waals surface area contributed by atoms with E-state index in [0.717, 1.165) is 0 Å². The van der Waals surface area contributed by atoms with Crippen LogP contribution in [0.5, 0.6) is 0 Å². The Labute approximate surface area is 72.7 Å². The van der Waals surface area contributed by atoms with Gasteiger partial charge >= 0.3 is 6.09 Å². The van der Waals surface area contributed by atoms with Gasteiger partial charge in [0.15, 0.2) is 0 Å². The molecule has 4 heteroatoms. The van der Waals surface area contributed by atoms with Crippen LogP contribution in [0.15, 0.2) is 0 Å². The Kier molecular flexibility index (Phi) is 2.92. The zero-order valence-electron chi connectivity index (χ0n) is 7.62. The Morgan fingerprint density at radius 1 is 1.75 bits per heavy atom. The van der Waals surface area contributed by atoms with E-state index >= 15 is 0 Å². The Balaban J connectivity index is 2.46. The lowest BCUT2D eigenvalue weighted by Gasteiger charge is -2.25. The van der Waals surface area contributed by atoms with Crippen LogP contribution in [0.4, 0.5) is 4.79 Å². The van der Waals surface area contributed by atoms with E-state index in [1.165, 1.54) is 20.0 Å². The van der Waals surface area contributed by atoms with Crippen molar-refractivity contribution in [1.29, 1.82) is 0 Å². The highest BCUT2D eigenvalue weighted by atomic mass is 16.5. The maximum Gasteiger partial charge on any atom is 0.409 e. The Hall–Kier alpha value is -0.770. The Morgan fingerprint density at radius 3 is 2.67 bits per heavy atom. The van der Waals surface area contributed by atoms with E-state index in [0.29, 0.717) is 12.5 Å². The number of nitrogens with zero attached hydrogens (tertiary/aromatic N) is 1. The minimum Gasteiger partial charge on any atom is -0.453 e. The van der Waals surface area contributed by atoms with E-state index in [2.05, 4.69) is 4.74 Å². The highest BCUT2D eigenvalue weighted by Gasteiger charge is 2.35. The van der Waals surface area contributed by atoms with Gasteiger partial charge in [-0.25, -0.2) is 4.79 Å². The number of carbonyl (C=O) groups excluding carboxylic acids is 1. The predicted molar refractivity (Wildman–Crippen MR) is 45.7 cm³/mol. The molecule has 12 heavy (non-hydrogen) atoms. The fourth-order valence-electron chi connectivity index (χ4n) is 1.43. The van der Waals surface area contributed by atoms with Gasteiger partial charge in [-0.3, -0.25) is 0 Å². The third kappa shape index (κ3) is 1.88. The smallest absolute Gasteiger partial charge is 0.409 e. The van der Waals surface area contributed by atoms with Gasteiger partial charge in [0.1, 0.15) is 0 Å². The standard InChI is InChI=1S/C8H16N2O2/c1-10(8(11)12-2)7(5-9)6-3-4-6/h6-7H,3-5,9H2,1-2H3. The molecular weight excluding hydrogens is 156 g/mol. The molecule has 1 aliphatic rings.